The van der Waals surface area contributed by atoms with E-state index in [9.17, 15) is 14.7 Å². The van der Waals surface area contributed by atoms with Crippen LogP contribution in [-0.2, 0) is 4.79 Å². The van der Waals surface area contributed by atoms with Gasteiger partial charge in [0, 0.05) is 7.05 Å². The van der Waals surface area contributed by atoms with Crippen molar-refractivity contribution in [2.24, 2.45) is 0 Å². The average Bonchev–Trinajstić information content (AvgIpc) is 2.52. The Morgan fingerprint density at radius 2 is 1.77 bits per heavy atom. The van der Waals surface area contributed by atoms with Gasteiger partial charge in [0.05, 0.1) is 11.5 Å². The summed E-state index contributed by atoms with van der Waals surface area (Å²) in [5, 5.41) is 13.1. The van der Waals surface area contributed by atoms with Crippen LogP contribution in [0.15, 0.2) is 48.5 Å². The average molecular weight is 307 g/mol. The standard InChI is InChI=1S/C16H15NO4.Na/c1-17-16(20)15-12(11-6-3-2-4-7-11)8-5-9-13(15)21-10-14(18)19;/h2-9H,10H2,1H3,(H,17,20)(H,18,19);/q;+1/p-1. The molecule has 0 saturated heterocycles. The number of hydrogen-bond donors (Lipinski definition) is 1. The Balaban J connectivity index is 0.00000242. The number of carbonyl (C=O) groups excluding carboxylic acids is 2. The van der Waals surface area contributed by atoms with Gasteiger partial charge in [0.1, 0.15) is 12.4 Å². The van der Waals surface area contributed by atoms with Crippen molar-refractivity contribution in [3.05, 3.63) is 54.1 Å². The Morgan fingerprint density at radius 3 is 2.36 bits per heavy atom. The summed E-state index contributed by atoms with van der Waals surface area (Å²) in [6, 6.07) is 14.4. The maximum atomic E-state index is 12.1. The van der Waals surface area contributed by atoms with Crippen LogP contribution in [0.2, 0.25) is 0 Å². The van der Waals surface area contributed by atoms with E-state index in [1.54, 1.807) is 18.2 Å². The zero-order valence-corrected chi connectivity index (χ0v) is 14.5. The molecule has 0 bridgehead atoms. The molecule has 0 fully saturated rings. The van der Waals surface area contributed by atoms with Gasteiger partial charge in [-0.2, -0.15) is 0 Å². The first-order valence-electron chi connectivity index (χ1n) is 6.36. The smallest absolute Gasteiger partial charge is 0.546 e. The Hall–Kier alpha value is -1.82. The van der Waals surface area contributed by atoms with Crippen LogP contribution in [0.3, 0.4) is 0 Å². The van der Waals surface area contributed by atoms with E-state index in [1.165, 1.54) is 7.05 Å². The number of ether oxygens (including phenoxy) is 1. The largest absolute Gasteiger partial charge is 1.00 e. The molecule has 1 amide bonds. The van der Waals surface area contributed by atoms with E-state index in [1.807, 2.05) is 30.3 Å². The number of carboxylic acids is 1. The molecule has 2 aromatic carbocycles. The van der Waals surface area contributed by atoms with Gasteiger partial charge in [0.25, 0.3) is 5.91 Å². The number of aliphatic carboxylic acids is 1. The number of nitrogens with one attached hydrogen (secondary N) is 1. The van der Waals surface area contributed by atoms with Gasteiger partial charge in [0.2, 0.25) is 0 Å². The van der Waals surface area contributed by atoms with Crippen molar-refractivity contribution in [2.45, 2.75) is 0 Å². The van der Waals surface area contributed by atoms with Gasteiger partial charge >= 0.3 is 29.6 Å². The molecule has 108 valence electrons. The Labute approximate surface area is 150 Å². The van der Waals surface area contributed by atoms with E-state index >= 15 is 0 Å². The molecular formula is C16H14NNaO4. The van der Waals surface area contributed by atoms with Gasteiger partial charge in [-0.25, -0.2) is 0 Å². The topological polar surface area (TPSA) is 78.5 Å². The number of benzene rings is 2. The molecular weight excluding hydrogens is 293 g/mol. The summed E-state index contributed by atoms with van der Waals surface area (Å²) in [5.74, 6) is -1.48. The molecule has 0 spiro atoms. The predicted molar refractivity (Wildman–Crippen MR) is 75.8 cm³/mol. The van der Waals surface area contributed by atoms with E-state index in [4.69, 9.17) is 4.74 Å². The van der Waals surface area contributed by atoms with E-state index < -0.39 is 12.6 Å². The Kier molecular flexibility index (Phi) is 7.11. The minimum absolute atomic E-state index is 0. The van der Waals surface area contributed by atoms with Crippen LogP contribution in [-0.4, -0.2) is 25.5 Å². The second kappa shape index (κ2) is 8.58. The van der Waals surface area contributed by atoms with Crippen LogP contribution in [0.4, 0.5) is 0 Å². The second-order valence-corrected chi connectivity index (χ2v) is 4.28. The van der Waals surface area contributed by atoms with Crippen molar-refractivity contribution in [2.75, 3.05) is 13.7 Å². The first-order chi connectivity index (χ1) is 10.1. The van der Waals surface area contributed by atoms with Crippen LogP contribution in [0.25, 0.3) is 11.1 Å². The number of hydrogen-bond acceptors (Lipinski definition) is 4. The molecule has 6 heteroatoms. The molecule has 0 unspecified atom stereocenters. The molecule has 0 radical (unpaired) electrons. The van der Waals surface area contributed by atoms with Crippen molar-refractivity contribution in [1.82, 2.24) is 5.32 Å². The molecule has 0 aliphatic heterocycles. The van der Waals surface area contributed by atoms with Gasteiger partial charge in [-0.15, -0.1) is 0 Å². The minimum Gasteiger partial charge on any atom is -0.546 e. The first-order valence-corrected chi connectivity index (χ1v) is 6.36. The van der Waals surface area contributed by atoms with E-state index in [0.29, 0.717) is 11.1 Å². The number of amides is 1. The third-order valence-electron chi connectivity index (χ3n) is 2.91. The fourth-order valence-electron chi connectivity index (χ4n) is 2.01. The summed E-state index contributed by atoms with van der Waals surface area (Å²) in [7, 11) is 1.51. The Bertz CT molecular complexity index is 658. The zero-order valence-electron chi connectivity index (χ0n) is 12.5. The van der Waals surface area contributed by atoms with Gasteiger partial charge < -0.3 is 20.0 Å². The molecule has 0 saturated carbocycles. The fourth-order valence-corrected chi connectivity index (χ4v) is 2.01. The number of rotatable bonds is 5. The van der Waals surface area contributed by atoms with E-state index in [0.717, 1.165) is 5.56 Å². The SMILES string of the molecule is CNC(=O)c1c(OCC(=O)[O-])cccc1-c1ccccc1.[Na+]. The van der Waals surface area contributed by atoms with E-state index in [-0.39, 0.29) is 41.2 Å². The van der Waals surface area contributed by atoms with Gasteiger partial charge in [0.15, 0.2) is 0 Å². The molecule has 5 nitrogen and oxygen atoms in total. The van der Waals surface area contributed by atoms with Crippen LogP contribution < -0.4 is 44.7 Å². The molecule has 2 aromatic rings. The summed E-state index contributed by atoms with van der Waals surface area (Å²) in [4.78, 5) is 22.7. The summed E-state index contributed by atoms with van der Waals surface area (Å²) in [6.07, 6.45) is 0. The van der Waals surface area contributed by atoms with Gasteiger partial charge in [-0.05, 0) is 17.2 Å². The quantitative estimate of drug-likeness (QED) is 0.639. The molecule has 0 atom stereocenters. The van der Waals surface area contributed by atoms with Crippen LogP contribution in [0, 0.1) is 0 Å². The number of carboxylic acid groups (broad SMARTS) is 1. The van der Waals surface area contributed by atoms with Crippen molar-refractivity contribution in [3.8, 4) is 16.9 Å². The maximum absolute atomic E-state index is 12.1. The molecule has 2 rings (SSSR count). The van der Waals surface area contributed by atoms with Crippen molar-refractivity contribution < 1.29 is 49.0 Å². The molecule has 0 aliphatic rings. The second-order valence-electron chi connectivity index (χ2n) is 4.28. The van der Waals surface area contributed by atoms with Crippen molar-refractivity contribution >= 4 is 11.9 Å². The molecule has 0 aromatic heterocycles. The zero-order chi connectivity index (χ0) is 15.2. The summed E-state index contributed by atoms with van der Waals surface area (Å²) >= 11 is 0. The summed E-state index contributed by atoms with van der Waals surface area (Å²) < 4.78 is 5.16. The molecule has 0 heterocycles. The maximum Gasteiger partial charge on any atom is 1.00 e. The third-order valence-corrected chi connectivity index (χ3v) is 2.91. The van der Waals surface area contributed by atoms with Gasteiger partial charge in [-0.1, -0.05) is 42.5 Å². The van der Waals surface area contributed by atoms with Crippen molar-refractivity contribution in [1.29, 1.82) is 0 Å². The predicted octanol–water partition coefficient (Wildman–Crippen LogP) is -2.15. The van der Waals surface area contributed by atoms with E-state index in [2.05, 4.69) is 5.32 Å². The first kappa shape index (κ1) is 18.2. The van der Waals surface area contributed by atoms with Gasteiger partial charge in [-0.3, -0.25) is 4.79 Å². The molecule has 0 aliphatic carbocycles. The van der Waals surface area contributed by atoms with Crippen LogP contribution in [0.1, 0.15) is 10.4 Å². The molecule has 22 heavy (non-hydrogen) atoms. The Morgan fingerprint density at radius 1 is 1.09 bits per heavy atom. The normalized spacial score (nSPS) is 9.50. The van der Waals surface area contributed by atoms with Crippen molar-refractivity contribution in [3.63, 3.8) is 0 Å². The third kappa shape index (κ3) is 4.34. The summed E-state index contributed by atoms with van der Waals surface area (Å²) in [6.45, 7) is -0.609. The minimum atomic E-state index is -1.34. The van der Waals surface area contributed by atoms with Crippen LogP contribution in [0.5, 0.6) is 5.75 Å². The number of carbonyl (C=O) groups is 2. The monoisotopic (exact) mass is 307 g/mol. The molecule has 1 N–H and O–H groups in total. The summed E-state index contributed by atoms with van der Waals surface area (Å²) in [5.41, 5.74) is 1.81. The fraction of sp³-hybridized carbons (Fsp3) is 0.125. The van der Waals surface area contributed by atoms with Crippen LogP contribution >= 0.6 is 0 Å².